The van der Waals surface area contributed by atoms with E-state index in [1.807, 2.05) is 0 Å². The van der Waals surface area contributed by atoms with Gasteiger partial charge >= 0.3 is 0 Å². The van der Waals surface area contributed by atoms with E-state index in [2.05, 4.69) is 27.7 Å². The van der Waals surface area contributed by atoms with Gasteiger partial charge in [-0.2, -0.15) is 0 Å². The average molecular weight is 419 g/mol. The number of carbonyl (C=O) groups is 1. The molecule has 4 aliphatic rings. The largest absolute Gasteiger partial charge is 0.396 e. The van der Waals surface area contributed by atoms with Crippen molar-refractivity contribution in [2.75, 3.05) is 6.61 Å². The molecular formula is C27H46O3. The summed E-state index contributed by atoms with van der Waals surface area (Å²) in [5.74, 6) is 4.48. The van der Waals surface area contributed by atoms with Crippen molar-refractivity contribution in [1.29, 1.82) is 0 Å². The van der Waals surface area contributed by atoms with Crippen LogP contribution in [-0.4, -0.2) is 28.7 Å². The maximum atomic E-state index is 12.1. The van der Waals surface area contributed by atoms with Crippen LogP contribution in [0.3, 0.4) is 0 Å². The molecule has 172 valence electrons. The predicted octanol–water partition coefficient (Wildman–Crippen LogP) is 5.62. The highest BCUT2D eigenvalue weighted by atomic mass is 16.3. The molecule has 0 aliphatic heterocycles. The van der Waals surface area contributed by atoms with Crippen LogP contribution in [-0.2, 0) is 4.79 Å². The maximum absolute atomic E-state index is 12.1. The highest BCUT2D eigenvalue weighted by Crippen LogP contribution is 2.68. The van der Waals surface area contributed by atoms with E-state index in [1.165, 1.54) is 38.5 Å². The summed E-state index contributed by atoms with van der Waals surface area (Å²) in [6.07, 6.45) is 12.0. The maximum Gasteiger partial charge on any atom is 0.133 e. The molecule has 0 aromatic heterocycles. The lowest BCUT2D eigenvalue weighted by molar-refractivity contribution is -0.168. The van der Waals surface area contributed by atoms with Crippen molar-refractivity contribution in [3.63, 3.8) is 0 Å². The van der Waals surface area contributed by atoms with E-state index in [1.54, 1.807) is 0 Å². The van der Waals surface area contributed by atoms with E-state index in [4.69, 9.17) is 0 Å². The highest BCUT2D eigenvalue weighted by molar-refractivity contribution is 5.79. The van der Waals surface area contributed by atoms with Crippen molar-refractivity contribution < 1.29 is 15.0 Å². The quantitative estimate of drug-likeness (QED) is 0.588. The summed E-state index contributed by atoms with van der Waals surface area (Å²) in [7, 11) is 0. The van der Waals surface area contributed by atoms with Gasteiger partial charge in [0, 0.05) is 19.4 Å². The van der Waals surface area contributed by atoms with E-state index in [-0.39, 0.29) is 11.5 Å². The summed E-state index contributed by atoms with van der Waals surface area (Å²) in [6.45, 7) is 9.95. The molecule has 4 aliphatic carbocycles. The van der Waals surface area contributed by atoms with Crippen molar-refractivity contribution in [3.05, 3.63) is 0 Å². The summed E-state index contributed by atoms with van der Waals surface area (Å²) >= 11 is 0. The Morgan fingerprint density at radius 3 is 2.50 bits per heavy atom. The van der Waals surface area contributed by atoms with Crippen LogP contribution >= 0.6 is 0 Å². The standard InChI is InChI=1S/C27H46O3/c1-17(16-28)6-5-7-18(2)21-8-9-22-25-23(11-13-27(21,22)4)26(3)12-10-20(29)14-19(26)15-24(25)30/h17-19,21-25,28,30H,5-16H2,1-4H3/t17?,18-,19+,21-,22+,23+,24-,25+,26+,27-/m1/s1. The van der Waals surface area contributed by atoms with Gasteiger partial charge < -0.3 is 10.2 Å². The van der Waals surface area contributed by atoms with Gasteiger partial charge in [-0.1, -0.05) is 40.5 Å². The summed E-state index contributed by atoms with van der Waals surface area (Å²) < 4.78 is 0. The summed E-state index contributed by atoms with van der Waals surface area (Å²) in [5.41, 5.74) is 0.640. The minimum Gasteiger partial charge on any atom is -0.396 e. The first kappa shape index (κ1) is 22.8. The first-order chi connectivity index (χ1) is 14.2. The van der Waals surface area contributed by atoms with Crippen LogP contribution in [0.25, 0.3) is 0 Å². The Bertz CT molecular complexity index is 632. The van der Waals surface area contributed by atoms with Crippen molar-refractivity contribution >= 4 is 5.78 Å². The molecule has 10 atom stereocenters. The number of hydrogen-bond acceptors (Lipinski definition) is 3. The molecule has 30 heavy (non-hydrogen) atoms. The van der Waals surface area contributed by atoms with Gasteiger partial charge in [0.1, 0.15) is 5.78 Å². The van der Waals surface area contributed by atoms with E-state index in [0.717, 1.165) is 37.5 Å². The van der Waals surface area contributed by atoms with Crippen molar-refractivity contribution in [3.8, 4) is 0 Å². The van der Waals surface area contributed by atoms with Gasteiger partial charge in [0.05, 0.1) is 6.10 Å². The first-order valence-electron chi connectivity index (χ1n) is 13.0. The minimum atomic E-state index is -0.206. The Morgan fingerprint density at radius 1 is 1.03 bits per heavy atom. The second-order valence-electron chi connectivity index (χ2n) is 12.5. The third-order valence-corrected chi connectivity index (χ3v) is 10.9. The Labute approximate surface area is 184 Å². The molecule has 4 rings (SSSR count). The third kappa shape index (κ3) is 3.70. The van der Waals surface area contributed by atoms with Crippen LogP contribution in [0.5, 0.6) is 0 Å². The molecular weight excluding hydrogens is 372 g/mol. The van der Waals surface area contributed by atoms with Gasteiger partial charge in [0.15, 0.2) is 0 Å². The van der Waals surface area contributed by atoms with Crippen LogP contribution in [0.4, 0.5) is 0 Å². The molecule has 0 heterocycles. The number of aliphatic hydroxyl groups excluding tert-OH is 2. The number of fused-ring (bicyclic) bond motifs is 5. The van der Waals surface area contributed by atoms with Crippen LogP contribution < -0.4 is 0 Å². The smallest absolute Gasteiger partial charge is 0.133 e. The van der Waals surface area contributed by atoms with Gasteiger partial charge in [-0.05, 0) is 97.2 Å². The van der Waals surface area contributed by atoms with Gasteiger partial charge in [0.2, 0.25) is 0 Å². The SMILES string of the molecule is CC(CO)CCC[C@@H](C)[C@H]1CC[C@H]2[C@@H]3[C@H](O)C[C@@H]4CC(=O)CC[C@]4(C)[C@H]3CC[C@]12C. The number of carbonyl (C=O) groups excluding carboxylic acids is 1. The van der Waals surface area contributed by atoms with Crippen molar-refractivity contribution in [1.82, 2.24) is 0 Å². The molecule has 0 amide bonds. The molecule has 4 saturated carbocycles. The Hall–Kier alpha value is -0.410. The van der Waals surface area contributed by atoms with Crippen LogP contribution in [0.2, 0.25) is 0 Å². The van der Waals surface area contributed by atoms with Crippen molar-refractivity contribution in [2.24, 2.45) is 52.3 Å². The zero-order valence-electron chi connectivity index (χ0n) is 19.9. The average Bonchev–Trinajstić information content (AvgIpc) is 3.06. The molecule has 0 bridgehead atoms. The van der Waals surface area contributed by atoms with Crippen molar-refractivity contribution in [2.45, 2.75) is 104 Å². The fraction of sp³-hybridized carbons (Fsp3) is 0.963. The van der Waals surface area contributed by atoms with Crippen LogP contribution in [0, 0.1) is 52.3 Å². The lowest BCUT2D eigenvalue weighted by atomic mass is 9.44. The number of ketones is 1. The Balaban J connectivity index is 1.48. The predicted molar refractivity (Wildman–Crippen MR) is 121 cm³/mol. The number of Topliss-reactive ketones (excluding diaryl/α,β-unsaturated/α-hetero) is 1. The highest BCUT2D eigenvalue weighted by Gasteiger charge is 2.62. The van der Waals surface area contributed by atoms with Gasteiger partial charge in [-0.15, -0.1) is 0 Å². The Kier molecular flexibility index (Phi) is 6.45. The second kappa shape index (κ2) is 8.50. The molecule has 0 saturated heterocycles. The fourth-order valence-corrected chi connectivity index (χ4v) is 9.07. The fourth-order valence-electron chi connectivity index (χ4n) is 9.07. The third-order valence-electron chi connectivity index (χ3n) is 10.9. The lowest BCUT2D eigenvalue weighted by Crippen LogP contribution is -2.58. The topological polar surface area (TPSA) is 57.5 Å². The van der Waals surface area contributed by atoms with Crippen LogP contribution in [0.1, 0.15) is 98.3 Å². The molecule has 0 aromatic carbocycles. The molecule has 3 heteroatoms. The zero-order chi connectivity index (χ0) is 21.7. The van der Waals surface area contributed by atoms with E-state index in [0.29, 0.717) is 53.8 Å². The molecule has 2 N–H and O–H groups in total. The van der Waals surface area contributed by atoms with Gasteiger partial charge in [-0.25, -0.2) is 0 Å². The van der Waals surface area contributed by atoms with Gasteiger partial charge in [0.25, 0.3) is 0 Å². The normalized spacial score (nSPS) is 47.9. The lowest BCUT2D eigenvalue weighted by Gasteiger charge is -2.62. The molecule has 0 aromatic rings. The number of aliphatic hydroxyl groups is 2. The molecule has 3 nitrogen and oxygen atoms in total. The molecule has 0 radical (unpaired) electrons. The molecule has 1 unspecified atom stereocenters. The van der Waals surface area contributed by atoms with E-state index in [9.17, 15) is 15.0 Å². The van der Waals surface area contributed by atoms with Gasteiger partial charge in [-0.3, -0.25) is 4.79 Å². The minimum absolute atomic E-state index is 0.206. The zero-order valence-corrected chi connectivity index (χ0v) is 19.9. The first-order valence-corrected chi connectivity index (χ1v) is 13.0. The van der Waals surface area contributed by atoms with Crippen LogP contribution in [0.15, 0.2) is 0 Å². The number of rotatable bonds is 6. The summed E-state index contributed by atoms with van der Waals surface area (Å²) in [6, 6.07) is 0. The monoisotopic (exact) mass is 418 g/mol. The number of hydrogen-bond donors (Lipinski definition) is 2. The molecule has 0 spiro atoms. The molecule has 4 fully saturated rings. The Morgan fingerprint density at radius 2 is 1.77 bits per heavy atom. The summed E-state index contributed by atoms with van der Waals surface area (Å²) in [4.78, 5) is 12.1. The van der Waals surface area contributed by atoms with E-state index >= 15 is 0 Å². The second-order valence-corrected chi connectivity index (χ2v) is 12.5. The summed E-state index contributed by atoms with van der Waals surface area (Å²) in [5, 5.41) is 20.6. The van der Waals surface area contributed by atoms with E-state index < -0.39 is 0 Å².